The van der Waals surface area contributed by atoms with Crippen LogP contribution in [-0.4, -0.2) is 33.2 Å². The van der Waals surface area contributed by atoms with Gasteiger partial charge in [-0.3, -0.25) is 9.59 Å². The molecule has 0 aliphatic heterocycles. The monoisotopic (exact) mass is 359 g/mol. The quantitative estimate of drug-likeness (QED) is 0.815. The smallest absolute Gasteiger partial charge is 0.309 e. The van der Waals surface area contributed by atoms with Crippen LogP contribution in [0.2, 0.25) is 5.02 Å². The molecule has 1 fully saturated rings. The van der Waals surface area contributed by atoms with Crippen molar-refractivity contribution in [1.29, 1.82) is 0 Å². The number of sulfone groups is 1. The number of ether oxygens (including phenoxy) is 1. The van der Waals surface area contributed by atoms with Gasteiger partial charge in [0.05, 0.1) is 21.5 Å². The minimum Gasteiger partial charge on any atom is -0.455 e. The lowest BCUT2D eigenvalue weighted by Crippen LogP contribution is -2.24. The topological polar surface area (TPSA) is 89.5 Å². The van der Waals surface area contributed by atoms with Gasteiger partial charge in [0, 0.05) is 6.26 Å². The van der Waals surface area contributed by atoms with Crippen molar-refractivity contribution in [3.8, 4) is 0 Å². The van der Waals surface area contributed by atoms with Gasteiger partial charge in [0.25, 0.3) is 5.91 Å². The van der Waals surface area contributed by atoms with Crippen LogP contribution in [0.5, 0.6) is 0 Å². The molecule has 1 aromatic rings. The molecule has 1 aliphatic rings. The van der Waals surface area contributed by atoms with Gasteiger partial charge in [-0.15, -0.1) is 0 Å². The molecule has 0 unspecified atom stereocenters. The van der Waals surface area contributed by atoms with Gasteiger partial charge in [-0.05, 0) is 31.0 Å². The van der Waals surface area contributed by atoms with E-state index in [1.165, 1.54) is 18.2 Å². The zero-order valence-corrected chi connectivity index (χ0v) is 14.2. The number of benzene rings is 1. The highest BCUT2D eigenvalue weighted by Gasteiger charge is 2.24. The Morgan fingerprint density at radius 2 is 1.96 bits per heavy atom. The molecule has 23 heavy (non-hydrogen) atoms. The molecular weight excluding hydrogens is 342 g/mol. The highest BCUT2D eigenvalue weighted by atomic mass is 35.5. The molecule has 1 aliphatic carbocycles. The Morgan fingerprint density at radius 1 is 1.30 bits per heavy atom. The van der Waals surface area contributed by atoms with Gasteiger partial charge in [0.15, 0.2) is 16.4 Å². The van der Waals surface area contributed by atoms with Crippen LogP contribution in [0.15, 0.2) is 23.1 Å². The Kier molecular flexibility index (Phi) is 5.64. The number of carbonyl (C=O) groups is 2. The second kappa shape index (κ2) is 7.31. The molecule has 0 radical (unpaired) electrons. The van der Waals surface area contributed by atoms with Crippen LogP contribution in [0.3, 0.4) is 0 Å². The molecule has 0 heterocycles. The minimum absolute atomic E-state index is 0.0418. The number of anilines is 1. The van der Waals surface area contributed by atoms with E-state index < -0.39 is 22.4 Å². The lowest BCUT2D eigenvalue weighted by atomic mass is 10.1. The number of carbonyl (C=O) groups excluding carboxylic acids is 2. The van der Waals surface area contributed by atoms with Crippen LogP contribution in [0.25, 0.3) is 0 Å². The van der Waals surface area contributed by atoms with Crippen LogP contribution in [0.4, 0.5) is 5.69 Å². The predicted octanol–water partition coefficient (Wildman–Crippen LogP) is 2.42. The van der Waals surface area contributed by atoms with Crippen molar-refractivity contribution >= 4 is 39.0 Å². The summed E-state index contributed by atoms with van der Waals surface area (Å²) in [6.07, 6.45) is 4.65. The summed E-state index contributed by atoms with van der Waals surface area (Å²) in [4.78, 5) is 23.6. The summed E-state index contributed by atoms with van der Waals surface area (Å²) in [6, 6.07) is 4.01. The molecule has 0 bridgehead atoms. The van der Waals surface area contributed by atoms with Crippen molar-refractivity contribution in [2.45, 2.75) is 30.6 Å². The predicted molar refractivity (Wildman–Crippen MR) is 86.1 cm³/mol. The van der Waals surface area contributed by atoms with E-state index in [1.807, 2.05) is 0 Å². The summed E-state index contributed by atoms with van der Waals surface area (Å²) in [5, 5.41) is 2.66. The third-order valence-electron chi connectivity index (χ3n) is 3.67. The Labute approximate surface area is 140 Å². The van der Waals surface area contributed by atoms with E-state index in [0.717, 1.165) is 31.9 Å². The molecule has 1 N–H and O–H groups in total. The lowest BCUT2D eigenvalue weighted by molar-refractivity contribution is -0.151. The van der Waals surface area contributed by atoms with Crippen molar-refractivity contribution in [1.82, 2.24) is 0 Å². The van der Waals surface area contributed by atoms with E-state index in [0.29, 0.717) is 0 Å². The first kappa shape index (κ1) is 17.7. The minimum atomic E-state index is -3.41. The Bertz CT molecular complexity index is 711. The van der Waals surface area contributed by atoms with Crippen LogP contribution in [-0.2, 0) is 24.2 Å². The number of halogens is 1. The van der Waals surface area contributed by atoms with Crippen LogP contribution in [0, 0.1) is 5.92 Å². The van der Waals surface area contributed by atoms with E-state index in [1.54, 1.807) is 0 Å². The molecule has 126 valence electrons. The molecular formula is C15H18ClNO5S. The highest BCUT2D eigenvalue weighted by Crippen LogP contribution is 2.26. The fourth-order valence-electron chi connectivity index (χ4n) is 2.43. The van der Waals surface area contributed by atoms with Crippen molar-refractivity contribution in [2.75, 3.05) is 18.2 Å². The number of nitrogens with one attached hydrogen (secondary N) is 1. The standard InChI is InChI=1S/C15H18ClNO5S/c1-23(20,21)11-6-7-12(16)13(8-11)17-14(18)9-22-15(19)10-4-2-3-5-10/h6-8,10H,2-5,9H2,1H3,(H,17,18). The van der Waals surface area contributed by atoms with Crippen LogP contribution in [0.1, 0.15) is 25.7 Å². The van der Waals surface area contributed by atoms with Crippen LogP contribution >= 0.6 is 11.6 Å². The van der Waals surface area contributed by atoms with Gasteiger partial charge in [-0.2, -0.15) is 0 Å². The van der Waals surface area contributed by atoms with E-state index in [9.17, 15) is 18.0 Å². The third kappa shape index (κ3) is 4.94. The second-order valence-corrected chi connectivity index (χ2v) is 7.97. The maximum absolute atomic E-state index is 11.8. The number of esters is 1. The van der Waals surface area contributed by atoms with Crippen molar-refractivity contribution in [3.63, 3.8) is 0 Å². The third-order valence-corrected chi connectivity index (χ3v) is 5.11. The summed E-state index contributed by atoms with van der Waals surface area (Å²) in [5.74, 6) is -1.06. The highest BCUT2D eigenvalue weighted by molar-refractivity contribution is 7.90. The Hall–Kier alpha value is -1.60. The molecule has 1 saturated carbocycles. The van der Waals surface area contributed by atoms with E-state index in [-0.39, 0.29) is 27.5 Å². The van der Waals surface area contributed by atoms with Crippen LogP contribution < -0.4 is 5.32 Å². The number of rotatable bonds is 5. The normalized spacial score (nSPS) is 15.4. The molecule has 1 aromatic carbocycles. The SMILES string of the molecule is CS(=O)(=O)c1ccc(Cl)c(NC(=O)COC(=O)C2CCCC2)c1. The average Bonchev–Trinajstić information content (AvgIpc) is 3.00. The zero-order chi connectivity index (χ0) is 17.0. The van der Waals surface area contributed by atoms with Gasteiger partial charge >= 0.3 is 5.97 Å². The molecule has 8 heteroatoms. The number of hydrogen-bond donors (Lipinski definition) is 1. The summed E-state index contributed by atoms with van der Waals surface area (Å²) in [7, 11) is -3.41. The van der Waals surface area contributed by atoms with Gasteiger partial charge in [0.1, 0.15) is 0 Å². The number of amides is 1. The molecule has 0 atom stereocenters. The molecule has 0 saturated heterocycles. The summed E-state index contributed by atoms with van der Waals surface area (Å²) in [6.45, 7) is -0.422. The summed E-state index contributed by atoms with van der Waals surface area (Å²) in [5.41, 5.74) is 0.163. The number of hydrogen-bond acceptors (Lipinski definition) is 5. The summed E-state index contributed by atoms with van der Waals surface area (Å²) < 4.78 is 28.0. The average molecular weight is 360 g/mol. The fraction of sp³-hybridized carbons (Fsp3) is 0.467. The first-order valence-corrected chi connectivity index (χ1v) is 9.50. The van der Waals surface area contributed by atoms with Gasteiger partial charge in [0.2, 0.25) is 0 Å². The zero-order valence-electron chi connectivity index (χ0n) is 12.7. The van der Waals surface area contributed by atoms with Gasteiger partial charge in [-0.1, -0.05) is 24.4 Å². The fourth-order valence-corrected chi connectivity index (χ4v) is 3.25. The second-order valence-electron chi connectivity index (χ2n) is 5.55. The maximum atomic E-state index is 11.8. The summed E-state index contributed by atoms with van der Waals surface area (Å²) >= 11 is 5.94. The molecule has 0 spiro atoms. The van der Waals surface area contributed by atoms with Gasteiger partial charge < -0.3 is 10.1 Å². The Balaban J connectivity index is 1.96. The van der Waals surface area contributed by atoms with Gasteiger partial charge in [-0.25, -0.2) is 8.42 Å². The molecule has 1 amide bonds. The first-order chi connectivity index (χ1) is 10.8. The molecule has 2 rings (SSSR count). The van der Waals surface area contributed by atoms with E-state index in [4.69, 9.17) is 16.3 Å². The van der Waals surface area contributed by atoms with E-state index >= 15 is 0 Å². The van der Waals surface area contributed by atoms with Crippen molar-refractivity contribution in [2.24, 2.45) is 5.92 Å². The van der Waals surface area contributed by atoms with Crippen molar-refractivity contribution < 1.29 is 22.7 Å². The van der Waals surface area contributed by atoms with E-state index in [2.05, 4.69) is 5.32 Å². The molecule has 0 aromatic heterocycles. The first-order valence-electron chi connectivity index (χ1n) is 7.23. The molecule has 6 nitrogen and oxygen atoms in total. The Morgan fingerprint density at radius 3 is 2.57 bits per heavy atom. The maximum Gasteiger partial charge on any atom is 0.309 e. The lowest BCUT2D eigenvalue weighted by Gasteiger charge is -2.11. The largest absolute Gasteiger partial charge is 0.455 e. The van der Waals surface area contributed by atoms with Crippen molar-refractivity contribution in [3.05, 3.63) is 23.2 Å².